The maximum absolute atomic E-state index is 13.1. The maximum atomic E-state index is 13.1. The van der Waals surface area contributed by atoms with Crippen LogP contribution in [0.1, 0.15) is 322 Å². The minimum Gasteiger partial charge on any atom is -0.387 e. The number of phosphoric acid groups is 1. The van der Waals surface area contributed by atoms with E-state index in [9.17, 15) is 19.4 Å². The number of carbonyl (C=O) groups excluding carboxylic acids is 1. The number of hydrogen-bond donors (Lipinski definition) is 3. The van der Waals surface area contributed by atoms with E-state index in [1.807, 2.05) is 27.2 Å². The van der Waals surface area contributed by atoms with Crippen LogP contribution in [0.3, 0.4) is 0 Å². The van der Waals surface area contributed by atoms with E-state index in [4.69, 9.17) is 9.05 Å². The fourth-order valence-corrected chi connectivity index (χ4v) is 11.4. The summed E-state index contributed by atoms with van der Waals surface area (Å²) in [5.74, 6) is -0.197. The molecule has 0 fully saturated rings. The second-order valence-corrected chi connectivity index (χ2v) is 28.1. The molecule has 0 heterocycles. The number of likely N-dealkylation sites (N-methyl/N-ethyl adjacent to an activating group) is 1. The molecule has 0 aliphatic carbocycles. The summed E-state index contributed by atoms with van der Waals surface area (Å²) in [5.41, 5.74) is 0. The van der Waals surface area contributed by atoms with Crippen LogP contribution < -0.4 is 5.32 Å². The highest BCUT2D eigenvalue weighted by molar-refractivity contribution is 7.47. The molecule has 92 heavy (non-hydrogen) atoms. The molecule has 0 bridgehead atoms. The zero-order valence-electron chi connectivity index (χ0n) is 60.5. The Hall–Kier alpha value is -3.62. The standard InChI is InChI=1S/C83H145N2O6P/c1-6-8-10-12-14-16-18-20-22-24-26-28-30-32-34-36-38-39-40-41-42-43-44-45-47-49-51-53-55-57-59-61-63-65-67-69-71-73-75-77-83(87)84-81(80-91-92(88,89)90-79-78-85(3,4)5)82(86)76-74-72-70-68-66-64-62-60-58-56-54-52-50-48-46-37-35-33-31-29-27-25-23-21-19-17-15-13-11-9-7-2/h8,10,14,16,20,22,26,28,32,34,38-39,41-42,44-45,49,51,58,60,66,68,74,76,81-82,86H,6-7,9,11-13,15,17-19,21,23-25,27,29-31,33,35-37,40,43,46-48,50,52-57,59,61-65,67,69-73,75,77-80H2,1-5H3,(H-,84,87,88,89)/p+1/b10-8-,16-14-,22-20-,28-26-,34-32-,39-38-,42-41-,45-44-,51-49-,60-58+,68-66+,76-74+. The number of aliphatic hydroxyl groups is 1. The van der Waals surface area contributed by atoms with Crippen LogP contribution in [0.4, 0.5) is 0 Å². The normalized spacial score (nSPS) is 14.4. The predicted octanol–water partition coefficient (Wildman–Crippen LogP) is 25.1. The number of unbranched alkanes of at least 4 members (excludes halogenated alkanes) is 34. The summed E-state index contributed by atoms with van der Waals surface area (Å²) in [6, 6.07) is -0.884. The fourth-order valence-electron chi connectivity index (χ4n) is 10.7. The van der Waals surface area contributed by atoms with Crippen LogP contribution in [0.15, 0.2) is 146 Å². The first kappa shape index (κ1) is 88.4. The van der Waals surface area contributed by atoms with E-state index in [0.717, 1.165) is 109 Å². The molecule has 0 radical (unpaired) electrons. The van der Waals surface area contributed by atoms with Crippen molar-refractivity contribution in [1.29, 1.82) is 0 Å². The van der Waals surface area contributed by atoms with Gasteiger partial charge in [-0.05, 0) is 116 Å². The molecule has 0 saturated heterocycles. The van der Waals surface area contributed by atoms with E-state index in [0.29, 0.717) is 17.4 Å². The first-order chi connectivity index (χ1) is 45.0. The molecule has 0 aromatic carbocycles. The number of nitrogens with one attached hydrogen (secondary N) is 1. The van der Waals surface area contributed by atoms with Gasteiger partial charge < -0.3 is 19.8 Å². The Morgan fingerprint density at radius 2 is 0.663 bits per heavy atom. The van der Waals surface area contributed by atoms with Crippen molar-refractivity contribution in [1.82, 2.24) is 5.32 Å². The second-order valence-electron chi connectivity index (χ2n) is 26.6. The Morgan fingerprint density at radius 3 is 1.00 bits per heavy atom. The molecule has 528 valence electrons. The highest BCUT2D eigenvalue weighted by atomic mass is 31.2. The number of nitrogens with zero attached hydrogens (tertiary/aromatic N) is 1. The quantitative estimate of drug-likeness (QED) is 0.0243. The zero-order chi connectivity index (χ0) is 66.9. The van der Waals surface area contributed by atoms with Gasteiger partial charge in [-0.1, -0.05) is 346 Å². The second kappa shape index (κ2) is 71.7. The number of aliphatic hydroxyl groups excluding tert-OH is 1. The van der Waals surface area contributed by atoms with Gasteiger partial charge in [0, 0.05) is 6.42 Å². The number of hydrogen-bond acceptors (Lipinski definition) is 5. The molecule has 0 aliphatic heterocycles. The Kier molecular flexibility index (Phi) is 68.8. The molecule has 0 spiro atoms. The fraction of sp³-hybridized carbons (Fsp3) is 0.699. The predicted molar refractivity (Wildman–Crippen MR) is 405 cm³/mol. The van der Waals surface area contributed by atoms with Crippen molar-refractivity contribution >= 4 is 13.7 Å². The average Bonchev–Trinajstić information content (AvgIpc) is 2.63. The minimum atomic E-state index is -4.38. The molecule has 0 saturated carbocycles. The first-order valence-electron chi connectivity index (χ1n) is 38.2. The molecule has 0 aromatic rings. The Bertz CT molecular complexity index is 2020. The van der Waals surface area contributed by atoms with Gasteiger partial charge in [-0.2, -0.15) is 0 Å². The molecule has 9 heteroatoms. The first-order valence-corrected chi connectivity index (χ1v) is 39.7. The van der Waals surface area contributed by atoms with Crippen LogP contribution in [0.2, 0.25) is 0 Å². The summed E-state index contributed by atoms with van der Waals surface area (Å²) in [4.78, 5) is 23.5. The van der Waals surface area contributed by atoms with Crippen LogP contribution >= 0.6 is 7.82 Å². The summed E-state index contributed by atoms with van der Waals surface area (Å²) < 4.78 is 23.8. The molecule has 0 aromatic heterocycles. The van der Waals surface area contributed by atoms with Gasteiger partial charge in [0.2, 0.25) is 5.91 Å². The van der Waals surface area contributed by atoms with Crippen LogP contribution in [-0.4, -0.2) is 73.4 Å². The van der Waals surface area contributed by atoms with Gasteiger partial charge >= 0.3 is 7.82 Å². The third-order valence-electron chi connectivity index (χ3n) is 16.5. The molecule has 3 N–H and O–H groups in total. The van der Waals surface area contributed by atoms with Crippen molar-refractivity contribution in [2.75, 3.05) is 40.9 Å². The third-order valence-corrected chi connectivity index (χ3v) is 17.5. The van der Waals surface area contributed by atoms with Gasteiger partial charge in [-0.15, -0.1) is 0 Å². The summed E-state index contributed by atoms with van der Waals surface area (Å²) in [7, 11) is 1.53. The lowest BCUT2D eigenvalue weighted by Crippen LogP contribution is -2.45. The van der Waals surface area contributed by atoms with Gasteiger partial charge in [0.1, 0.15) is 13.2 Å². The van der Waals surface area contributed by atoms with Gasteiger partial charge in [-0.3, -0.25) is 13.8 Å². The molecule has 1 amide bonds. The van der Waals surface area contributed by atoms with Crippen molar-refractivity contribution in [3.8, 4) is 0 Å². The molecule has 0 rings (SSSR count). The Balaban J connectivity index is 4.14. The summed E-state index contributed by atoms with van der Waals surface area (Å²) in [5, 5.41) is 14.0. The van der Waals surface area contributed by atoms with Crippen LogP contribution in [0.25, 0.3) is 0 Å². The summed E-state index contributed by atoms with van der Waals surface area (Å²) in [6.45, 7) is 4.69. The lowest BCUT2D eigenvalue weighted by molar-refractivity contribution is -0.870. The molecule has 3 unspecified atom stereocenters. The lowest BCUT2D eigenvalue weighted by Gasteiger charge is -2.25. The topological polar surface area (TPSA) is 105 Å². The molecule has 8 nitrogen and oxygen atoms in total. The number of rotatable bonds is 69. The maximum Gasteiger partial charge on any atom is 0.472 e. The number of amides is 1. The van der Waals surface area contributed by atoms with Gasteiger partial charge in [-0.25, -0.2) is 4.57 Å². The average molecular weight is 1300 g/mol. The van der Waals surface area contributed by atoms with Crippen molar-refractivity contribution in [3.63, 3.8) is 0 Å². The van der Waals surface area contributed by atoms with Crippen molar-refractivity contribution in [2.45, 2.75) is 334 Å². The summed E-state index contributed by atoms with van der Waals surface area (Å²) in [6.07, 6.45) is 110. The lowest BCUT2D eigenvalue weighted by atomic mass is 10.0. The van der Waals surface area contributed by atoms with E-state index >= 15 is 0 Å². The van der Waals surface area contributed by atoms with Crippen LogP contribution in [0.5, 0.6) is 0 Å². The van der Waals surface area contributed by atoms with E-state index in [1.165, 1.54) is 193 Å². The van der Waals surface area contributed by atoms with Gasteiger partial charge in [0.15, 0.2) is 0 Å². The number of phosphoric ester groups is 1. The van der Waals surface area contributed by atoms with E-state index in [1.54, 1.807) is 6.08 Å². The third kappa shape index (κ3) is 73.8. The van der Waals surface area contributed by atoms with Crippen molar-refractivity contribution in [2.24, 2.45) is 0 Å². The summed E-state index contributed by atoms with van der Waals surface area (Å²) >= 11 is 0. The molecular weight excluding hydrogens is 1150 g/mol. The number of quaternary nitrogens is 1. The van der Waals surface area contributed by atoms with E-state index in [2.05, 4.69) is 153 Å². The molecule has 3 atom stereocenters. The van der Waals surface area contributed by atoms with Crippen molar-refractivity contribution in [3.05, 3.63) is 146 Å². The molecular formula is C83H146N2O6P+. The number of carbonyl (C=O) groups is 1. The van der Waals surface area contributed by atoms with Gasteiger partial charge in [0.25, 0.3) is 0 Å². The minimum absolute atomic E-state index is 0.0467. The SMILES string of the molecule is CC/C=C\C/C=C\C/C=C\C/C=C\C/C=C\C/C=C\C/C=C\C/C=C\C/C=C\CCCCCCCCCCCCCC(=O)NC(COP(=O)(O)OCC[N+](C)(C)C)C(O)/C=C/CC/C=C/CC/C=C/CCCCCCCCCCCCCCCCCCCCCCC. The Labute approximate surface area is 569 Å². The Morgan fingerprint density at radius 1 is 0.380 bits per heavy atom. The van der Waals surface area contributed by atoms with Crippen LogP contribution in [-0.2, 0) is 18.4 Å². The highest BCUT2D eigenvalue weighted by Crippen LogP contribution is 2.43. The van der Waals surface area contributed by atoms with Gasteiger partial charge in [0.05, 0.1) is 39.9 Å². The molecule has 0 aliphatic rings. The van der Waals surface area contributed by atoms with Crippen molar-refractivity contribution < 1.29 is 32.9 Å². The van der Waals surface area contributed by atoms with E-state index in [-0.39, 0.29) is 19.1 Å². The monoisotopic (exact) mass is 1300 g/mol. The van der Waals surface area contributed by atoms with E-state index < -0.39 is 20.0 Å². The number of allylic oxidation sites excluding steroid dienone is 23. The smallest absolute Gasteiger partial charge is 0.387 e. The largest absolute Gasteiger partial charge is 0.472 e. The van der Waals surface area contributed by atoms with Crippen LogP contribution in [0, 0.1) is 0 Å². The highest BCUT2D eigenvalue weighted by Gasteiger charge is 2.28. The zero-order valence-corrected chi connectivity index (χ0v) is 61.4.